The summed E-state index contributed by atoms with van der Waals surface area (Å²) >= 11 is 1.58. The normalized spacial score (nSPS) is 17.8. The number of aromatic amines is 1. The first-order valence-corrected chi connectivity index (χ1v) is 10.3. The van der Waals surface area contributed by atoms with Crippen LogP contribution in [0.5, 0.6) is 0 Å². The molecule has 1 aliphatic rings. The van der Waals surface area contributed by atoms with Crippen molar-refractivity contribution in [3.8, 4) is 0 Å². The molecule has 3 aromatic rings. The maximum Gasteiger partial charge on any atom is 0.257 e. The minimum atomic E-state index is -0.505. The van der Waals surface area contributed by atoms with Gasteiger partial charge in [-0.2, -0.15) is 0 Å². The summed E-state index contributed by atoms with van der Waals surface area (Å²) in [4.78, 5) is 30.9. The SMILES string of the molecule is Cc1noc(C)c1[C@H](C)NC(=O)[C@H]1CSCN1C(=O)c1c[nH]c2ccccc12. The molecule has 1 fully saturated rings. The molecule has 146 valence electrons. The van der Waals surface area contributed by atoms with E-state index in [0.29, 0.717) is 23.0 Å². The number of thioether (sulfide) groups is 1. The average molecular weight is 398 g/mol. The van der Waals surface area contributed by atoms with Crippen LogP contribution in [0.2, 0.25) is 0 Å². The van der Waals surface area contributed by atoms with Crippen LogP contribution in [0.15, 0.2) is 35.0 Å². The van der Waals surface area contributed by atoms with E-state index >= 15 is 0 Å². The summed E-state index contributed by atoms with van der Waals surface area (Å²) in [7, 11) is 0. The van der Waals surface area contributed by atoms with Gasteiger partial charge >= 0.3 is 0 Å². The summed E-state index contributed by atoms with van der Waals surface area (Å²) in [6.07, 6.45) is 1.72. The topological polar surface area (TPSA) is 91.2 Å². The zero-order chi connectivity index (χ0) is 19.8. The summed E-state index contributed by atoms with van der Waals surface area (Å²) in [5, 5.41) is 7.84. The highest BCUT2D eigenvalue weighted by molar-refractivity contribution is 7.99. The molecule has 0 unspecified atom stereocenters. The molecule has 3 heterocycles. The second-order valence-corrected chi connectivity index (χ2v) is 8.01. The fraction of sp³-hybridized carbons (Fsp3) is 0.350. The van der Waals surface area contributed by atoms with Crippen LogP contribution in [0.3, 0.4) is 0 Å². The Kier molecular flexibility index (Phi) is 4.89. The van der Waals surface area contributed by atoms with E-state index in [1.807, 2.05) is 45.0 Å². The van der Waals surface area contributed by atoms with Crippen LogP contribution in [-0.2, 0) is 4.79 Å². The highest BCUT2D eigenvalue weighted by Gasteiger charge is 2.36. The Balaban J connectivity index is 1.53. The van der Waals surface area contributed by atoms with Crippen molar-refractivity contribution in [2.75, 3.05) is 11.6 Å². The van der Waals surface area contributed by atoms with E-state index in [1.54, 1.807) is 22.9 Å². The van der Waals surface area contributed by atoms with E-state index in [0.717, 1.165) is 22.2 Å². The molecule has 1 saturated heterocycles. The molecule has 2 N–H and O–H groups in total. The molecular weight excluding hydrogens is 376 g/mol. The number of para-hydroxylation sites is 1. The van der Waals surface area contributed by atoms with Gasteiger partial charge in [-0.1, -0.05) is 23.4 Å². The second-order valence-electron chi connectivity index (χ2n) is 7.01. The van der Waals surface area contributed by atoms with Gasteiger partial charge in [0.05, 0.1) is 23.2 Å². The number of aryl methyl sites for hydroxylation is 2. The van der Waals surface area contributed by atoms with Gasteiger partial charge in [0.2, 0.25) is 5.91 Å². The molecule has 1 aliphatic heterocycles. The molecule has 2 atom stereocenters. The van der Waals surface area contributed by atoms with Gasteiger partial charge in [0.15, 0.2) is 0 Å². The number of nitrogens with zero attached hydrogens (tertiary/aromatic N) is 2. The van der Waals surface area contributed by atoms with Crippen molar-refractivity contribution < 1.29 is 14.1 Å². The molecule has 7 nitrogen and oxygen atoms in total. The highest BCUT2D eigenvalue weighted by Crippen LogP contribution is 2.28. The van der Waals surface area contributed by atoms with E-state index in [-0.39, 0.29) is 17.9 Å². The molecule has 0 bridgehead atoms. The number of hydrogen-bond donors (Lipinski definition) is 2. The van der Waals surface area contributed by atoms with Crippen LogP contribution < -0.4 is 5.32 Å². The smallest absolute Gasteiger partial charge is 0.257 e. The van der Waals surface area contributed by atoms with Gasteiger partial charge in [0.25, 0.3) is 5.91 Å². The van der Waals surface area contributed by atoms with Crippen molar-refractivity contribution in [3.63, 3.8) is 0 Å². The van der Waals surface area contributed by atoms with Crippen molar-refractivity contribution in [1.29, 1.82) is 0 Å². The molecule has 8 heteroatoms. The summed E-state index contributed by atoms with van der Waals surface area (Å²) in [6, 6.07) is 6.92. The Bertz CT molecular complexity index is 1020. The Hall–Kier alpha value is -2.74. The van der Waals surface area contributed by atoms with Gasteiger partial charge in [-0.25, -0.2) is 0 Å². The van der Waals surface area contributed by atoms with E-state index < -0.39 is 6.04 Å². The minimum Gasteiger partial charge on any atom is -0.361 e. The molecule has 28 heavy (non-hydrogen) atoms. The molecule has 0 aliphatic carbocycles. The fourth-order valence-electron chi connectivity index (χ4n) is 3.75. The lowest BCUT2D eigenvalue weighted by molar-refractivity contribution is -0.125. The van der Waals surface area contributed by atoms with Gasteiger partial charge in [-0.05, 0) is 26.8 Å². The van der Waals surface area contributed by atoms with Crippen LogP contribution >= 0.6 is 11.8 Å². The zero-order valence-corrected chi connectivity index (χ0v) is 16.8. The largest absolute Gasteiger partial charge is 0.361 e. The lowest BCUT2D eigenvalue weighted by Crippen LogP contribution is -2.47. The number of carbonyl (C=O) groups is 2. The molecular formula is C20H22N4O3S. The predicted molar refractivity (Wildman–Crippen MR) is 108 cm³/mol. The Labute approximate surface area is 166 Å². The first-order valence-electron chi connectivity index (χ1n) is 9.15. The van der Waals surface area contributed by atoms with Gasteiger partial charge in [0.1, 0.15) is 11.8 Å². The van der Waals surface area contributed by atoms with E-state index in [2.05, 4.69) is 15.5 Å². The van der Waals surface area contributed by atoms with Crippen LogP contribution in [-0.4, -0.2) is 44.5 Å². The molecule has 0 spiro atoms. The quantitative estimate of drug-likeness (QED) is 0.704. The van der Waals surface area contributed by atoms with Gasteiger partial charge in [0, 0.05) is 28.4 Å². The number of carbonyl (C=O) groups excluding carboxylic acids is 2. The second kappa shape index (κ2) is 7.35. The lowest BCUT2D eigenvalue weighted by atomic mass is 10.1. The van der Waals surface area contributed by atoms with Crippen LogP contribution in [0.4, 0.5) is 0 Å². The third kappa shape index (κ3) is 3.17. The zero-order valence-electron chi connectivity index (χ0n) is 16.0. The molecule has 0 radical (unpaired) electrons. The third-order valence-corrected chi connectivity index (χ3v) is 6.16. The Morgan fingerprint density at radius 2 is 2.14 bits per heavy atom. The van der Waals surface area contributed by atoms with E-state index in [9.17, 15) is 9.59 Å². The van der Waals surface area contributed by atoms with Crippen LogP contribution in [0, 0.1) is 13.8 Å². The Morgan fingerprint density at radius 1 is 1.36 bits per heavy atom. The Morgan fingerprint density at radius 3 is 2.89 bits per heavy atom. The summed E-state index contributed by atoms with van der Waals surface area (Å²) in [6.45, 7) is 5.58. The third-order valence-electron chi connectivity index (χ3n) is 5.15. The standard InChI is InChI=1S/C20H22N4O3S/c1-11(18-12(2)23-27-13(18)3)22-19(25)17-9-28-10-24(17)20(26)15-8-21-16-7-5-4-6-14(15)16/h4-8,11,17,21H,9-10H2,1-3H3,(H,22,25)/t11-,17+/m0/s1. The van der Waals surface area contributed by atoms with Gasteiger partial charge in [-0.15, -0.1) is 11.8 Å². The summed E-state index contributed by atoms with van der Waals surface area (Å²) < 4.78 is 5.20. The monoisotopic (exact) mass is 398 g/mol. The fourth-order valence-corrected chi connectivity index (χ4v) is 4.91. The maximum absolute atomic E-state index is 13.1. The molecule has 2 aromatic heterocycles. The molecule has 0 saturated carbocycles. The van der Waals surface area contributed by atoms with Gasteiger partial charge in [-0.3, -0.25) is 9.59 Å². The number of benzene rings is 1. The molecule has 4 rings (SSSR count). The predicted octanol–water partition coefficient (Wildman–Crippen LogP) is 3.17. The van der Waals surface area contributed by atoms with Crippen molar-refractivity contribution in [3.05, 3.63) is 53.0 Å². The van der Waals surface area contributed by atoms with E-state index in [4.69, 9.17) is 4.52 Å². The number of hydrogen-bond acceptors (Lipinski definition) is 5. The minimum absolute atomic E-state index is 0.132. The van der Waals surface area contributed by atoms with E-state index in [1.165, 1.54) is 0 Å². The van der Waals surface area contributed by atoms with Crippen LogP contribution in [0.1, 0.15) is 40.3 Å². The first kappa shape index (κ1) is 18.6. The van der Waals surface area contributed by atoms with Crippen LogP contribution in [0.25, 0.3) is 10.9 Å². The van der Waals surface area contributed by atoms with Crippen molar-refractivity contribution in [2.24, 2.45) is 0 Å². The average Bonchev–Trinajstić information content (AvgIpc) is 3.39. The number of nitrogens with one attached hydrogen (secondary N) is 2. The number of amides is 2. The molecule has 1 aromatic carbocycles. The van der Waals surface area contributed by atoms with Gasteiger partial charge < -0.3 is 19.7 Å². The lowest BCUT2D eigenvalue weighted by Gasteiger charge is -2.24. The summed E-state index contributed by atoms with van der Waals surface area (Å²) in [5.41, 5.74) is 3.15. The summed E-state index contributed by atoms with van der Waals surface area (Å²) in [5.74, 6) is 1.47. The number of H-pyrrole nitrogens is 1. The van der Waals surface area contributed by atoms with Crippen molar-refractivity contribution in [2.45, 2.75) is 32.9 Å². The molecule has 2 amide bonds. The number of aromatic nitrogens is 2. The van der Waals surface area contributed by atoms with Crippen molar-refractivity contribution in [1.82, 2.24) is 20.4 Å². The first-order chi connectivity index (χ1) is 13.5. The van der Waals surface area contributed by atoms with Crippen molar-refractivity contribution >= 4 is 34.5 Å². The number of fused-ring (bicyclic) bond motifs is 1. The maximum atomic E-state index is 13.1. The number of rotatable bonds is 4. The highest BCUT2D eigenvalue weighted by atomic mass is 32.2.